The van der Waals surface area contributed by atoms with Gasteiger partial charge in [0.25, 0.3) is 0 Å². The molecule has 1 fully saturated rings. The second kappa shape index (κ2) is 4.95. The largest absolute Gasteiger partial charge is 0.494 e. The Labute approximate surface area is 100 Å². The van der Waals surface area contributed by atoms with Crippen molar-refractivity contribution in [3.8, 4) is 11.5 Å². The summed E-state index contributed by atoms with van der Waals surface area (Å²) in [5.41, 5.74) is 6.17. The van der Waals surface area contributed by atoms with Gasteiger partial charge in [0.05, 0.1) is 7.11 Å². The minimum absolute atomic E-state index is 0.345. The van der Waals surface area contributed by atoms with E-state index in [9.17, 15) is 4.79 Å². The minimum atomic E-state index is -0.345. The molecule has 0 radical (unpaired) electrons. The predicted octanol–water partition coefficient (Wildman–Crippen LogP) is 1.87. The molecular weight excluding hydrogens is 220 g/mol. The lowest BCUT2D eigenvalue weighted by atomic mass is 10.3. The summed E-state index contributed by atoms with van der Waals surface area (Å²) < 4.78 is 10.3. The maximum Gasteiger partial charge on any atom is 0.415 e. The average molecular weight is 236 g/mol. The van der Waals surface area contributed by atoms with Crippen LogP contribution in [0.5, 0.6) is 11.5 Å². The summed E-state index contributed by atoms with van der Waals surface area (Å²) in [6.07, 6.45) is 1.72. The summed E-state index contributed by atoms with van der Waals surface area (Å²) in [7, 11) is 1.53. The van der Waals surface area contributed by atoms with Gasteiger partial charge in [-0.05, 0) is 25.0 Å². The second-order valence-corrected chi connectivity index (χ2v) is 3.93. The summed E-state index contributed by atoms with van der Waals surface area (Å²) in [5, 5.41) is 0. The van der Waals surface area contributed by atoms with Crippen LogP contribution in [0, 0.1) is 0 Å². The van der Waals surface area contributed by atoms with Crippen molar-refractivity contribution >= 4 is 11.8 Å². The summed E-state index contributed by atoms with van der Waals surface area (Å²) in [6, 6.07) is 5.12. The number of nitrogens with two attached hydrogens (primary N) is 1. The predicted molar refractivity (Wildman–Crippen MR) is 64.2 cm³/mol. The van der Waals surface area contributed by atoms with Gasteiger partial charge in [0.1, 0.15) is 11.4 Å². The van der Waals surface area contributed by atoms with E-state index in [1.807, 2.05) is 0 Å². The van der Waals surface area contributed by atoms with E-state index < -0.39 is 0 Å². The number of methoxy groups -OCH3 is 1. The van der Waals surface area contributed by atoms with E-state index in [0.717, 1.165) is 25.9 Å². The van der Waals surface area contributed by atoms with Gasteiger partial charge < -0.3 is 20.1 Å². The van der Waals surface area contributed by atoms with Gasteiger partial charge in [-0.3, -0.25) is 0 Å². The van der Waals surface area contributed by atoms with Crippen LogP contribution in [-0.2, 0) is 0 Å². The SMILES string of the molecule is COc1cccc(OC(=O)N2CCCC2)c1N. The maximum absolute atomic E-state index is 11.8. The van der Waals surface area contributed by atoms with E-state index in [-0.39, 0.29) is 6.09 Å². The van der Waals surface area contributed by atoms with Crippen molar-refractivity contribution in [3.05, 3.63) is 18.2 Å². The van der Waals surface area contributed by atoms with Crippen LogP contribution < -0.4 is 15.2 Å². The van der Waals surface area contributed by atoms with Crippen molar-refractivity contribution < 1.29 is 14.3 Å². The number of rotatable bonds is 2. The number of benzene rings is 1. The van der Waals surface area contributed by atoms with E-state index in [4.69, 9.17) is 15.2 Å². The fourth-order valence-corrected chi connectivity index (χ4v) is 1.85. The number of hydrogen-bond acceptors (Lipinski definition) is 4. The van der Waals surface area contributed by atoms with Crippen molar-refractivity contribution in [1.29, 1.82) is 0 Å². The van der Waals surface area contributed by atoms with Gasteiger partial charge in [-0.15, -0.1) is 0 Å². The van der Waals surface area contributed by atoms with Crippen molar-refractivity contribution in [3.63, 3.8) is 0 Å². The van der Waals surface area contributed by atoms with Gasteiger partial charge >= 0.3 is 6.09 Å². The minimum Gasteiger partial charge on any atom is -0.494 e. The van der Waals surface area contributed by atoms with Crippen LogP contribution in [0.15, 0.2) is 18.2 Å². The molecule has 17 heavy (non-hydrogen) atoms. The highest BCUT2D eigenvalue weighted by Crippen LogP contribution is 2.31. The normalized spacial score (nSPS) is 14.8. The molecule has 0 bridgehead atoms. The quantitative estimate of drug-likeness (QED) is 0.796. The maximum atomic E-state index is 11.8. The van der Waals surface area contributed by atoms with Crippen LogP contribution in [0.4, 0.5) is 10.5 Å². The number of carbonyl (C=O) groups excluding carboxylic acids is 1. The second-order valence-electron chi connectivity index (χ2n) is 3.93. The number of carbonyl (C=O) groups is 1. The molecule has 1 aromatic rings. The van der Waals surface area contributed by atoms with Crippen molar-refractivity contribution in [1.82, 2.24) is 4.90 Å². The van der Waals surface area contributed by atoms with Gasteiger partial charge in [0, 0.05) is 13.1 Å². The summed E-state index contributed by atoms with van der Waals surface area (Å²) >= 11 is 0. The van der Waals surface area contributed by atoms with Crippen molar-refractivity contribution in [2.45, 2.75) is 12.8 Å². The number of para-hydroxylation sites is 1. The Morgan fingerprint density at radius 2 is 1.94 bits per heavy atom. The number of anilines is 1. The molecule has 0 saturated carbocycles. The third-order valence-electron chi connectivity index (χ3n) is 2.81. The topological polar surface area (TPSA) is 64.8 Å². The molecule has 1 amide bonds. The molecule has 1 aliphatic heterocycles. The summed E-state index contributed by atoms with van der Waals surface area (Å²) in [6.45, 7) is 1.51. The summed E-state index contributed by atoms with van der Waals surface area (Å²) in [5.74, 6) is 0.859. The lowest BCUT2D eigenvalue weighted by molar-refractivity contribution is 0.163. The Bertz CT molecular complexity index is 414. The Morgan fingerprint density at radius 1 is 1.29 bits per heavy atom. The highest BCUT2D eigenvalue weighted by atomic mass is 16.6. The molecule has 0 aromatic heterocycles. The number of nitrogen functional groups attached to an aromatic ring is 1. The van der Waals surface area contributed by atoms with Crippen LogP contribution in [0.25, 0.3) is 0 Å². The van der Waals surface area contributed by atoms with E-state index >= 15 is 0 Å². The first kappa shape index (κ1) is 11.6. The Kier molecular flexibility index (Phi) is 3.37. The Hall–Kier alpha value is -1.91. The first-order chi connectivity index (χ1) is 8.22. The molecule has 5 nitrogen and oxygen atoms in total. The molecular formula is C12H16N2O3. The smallest absolute Gasteiger partial charge is 0.415 e. The van der Waals surface area contributed by atoms with Gasteiger partial charge in [0.15, 0.2) is 5.75 Å². The number of hydrogen-bond donors (Lipinski definition) is 1. The standard InChI is InChI=1S/C12H16N2O3/c1-16-9-5-4-6-10(11(9)13)17-12(15)14-7-2-3-8-14/h4-6H,2-3,7-8,13H2,1H3. The van der Waals surface area contributed by atoms with E-state index in [2.05, 4.69) is 0 Å². The molecule has 1 saturated heterocycles. The average Bonchev–Trinajstić information content (AvgIpc) is 2.85. The molecule has 5 heteroatoms. The zero-order valence-electron chi connectivity index (χ0n) is 9.81. The van der Waals surface area contributed by atoms with Crippen molar-refractivity contribution in [2.24, 2.45) is 0 Å². The van der Waals surface area contributed by atoms with Crippen LogP contribution in [0.1, 0.15) is 12.8 Å². The Balaban J connectivity index is 2.10. The number of amides is 1. The first-order valence-electron chi connectivity index (χ1n) is 5.61. The highest BCUT2D eigenvalue weighted by Gasteiger charge is 2.21. The molecule has 0 spiro atoms. The van der Waals surface area contributed by atoms with Crippen molar-refractivity contribution in [2.75, 3.05) is 25.9 Å². The number of likely N-dealkylation sites (tertiary alicyclic amines) is 1. The van der Waals surface area contributed by atoms with Gasteiger partial charge in [-0.2, -0.15) is 0 Å². The third-order valence-corrected chi connectivity index (χ3v) is 2.81. The number of nitrogens with zero attached hydrogens (tertiary/aromatic N) is 1. The molecule has 0 unspecified atom stereocenters. The molecule has 1 aliphatic rings. The molecule has 2 rings (SSSR count). The lowest BCUT2D eigenvalue weighted by Crippen LogP contribution is -2.30. The van der Waals surface area contributed by atoms with Crippen LogP contribution in [-0.4, -0.2) is 31.2 Å². The molecule has 1 heterocycles. The van der Waals surface area contributed by atoms with Gasteiger partial charge in [-0.25, -0.2) is 4.79 Å². The van der Waals surface area contributed by atoms with Crippen LogP contribution in [0.3, 0.4) is 0 Å². The van der Waals surface area contributed by atoms with E-state index in [1.54, 1.807) is 23.1 Å². The van der Waals surface area contributed by atoms with Gasteiger partial charge in [0.2, 0.25) is 0 Å². The Morgan fingerprint density at radius 3 is 2.59 bits per heavy atom. The van der Waals surface area contributed by atoms with E-state index in [0.29, 0.717) is 17.2 Å². The zero-order valence-corrected chi connectivity index (χ0v) is 9.81. The molecule has 0 atom stereocenters. The molecule has 1 aromatic carbocycles. The fraction of sp³-hybridized carbons (Fsp3) is 0.417. The summed E-state index contributed by atoms with van der Waals surface area (Å²) in [4.78, 5) is 13.5. The zero-order chi connectivity index (χ0) is 12.3. The van der Waals surface area contributed by atoms with Gasteiger partial charge in [-0.1, -0.05) is 6.07 Å². The monoisotopic (exact) mass is 236 g/mol. The third kappa shape index (κ3) is 2.43. The fourth-order valence-electron chi connectivity index (χ4n) is 1.85. The van der Waals surface area contributed by atoms with Crippen LogP contribution >= 0.6 is 0 Å². The molecule has 0 aliphatic carbocycles. The van der Waals surface area contributed by atoms with Crippen LogP contribution in [0.2, 0.25) is 0 Å². The molecule has 92 valence electrons. The highest BCUT2D eigenvalue weighted by molar-refractivity contribution is 5.75. The van der Waals surface area contributed by atoms with E-state index in [1.165, 1.54) is 7.11 Å². The lowest BCUT2D eigenvalue weighted by Gasteiger charge is -2.16. The first-order valence-corrected chi connectivity index (χ1v) is 5.61. The number of ether oxygens (including phenoxy) is 2. The molecule has 2 N–H and O–H groups in total.